The fourth-order valence-electron chi connectivity index (χ4n) is 4.88. The van der Waals surface area contributed by atoms with E-state index in [0.717, 1.165) is 25.0 Å². The number of alkyl halides is 3. The van der Waals surface area contributed by atoms with Crippen LogP contribution in [0.15, 0.2) is 53.4 Å². The number of aryl methyl sites for hydroxylation is 1. The molecular weight excluding hydrogens is 603 g/mol. The van der Waals surface area contributed by atoms with Crippen molar-refractivity contribution in [1.82, 2.24) is 25.1 Å². The maximum atomic E-state index is 13.4. The van der Waals surface area contributed by atoms with Crippen molar-refractivity contribution in [1.29, 1.82) is 0 Å². The summed E-state index contributed by atoms with van der Waals surface area (Å²) < 4.78 is 71.5. The molecule has 2 fully saturated rings. The number of carboxylic acids is 1. The van der Waals surface area contributed by atoms with Gasteiger partial charge in [0.15, 0.2) is 14.6 Å². The van der Waals surface area contributed by atoms with E-state index in [1.54, 1.807) is 0 Å². The molecule has 1 saturated heterocycles. The third-order valence-electron chi connectivity index (χ3n) is 7.28. The van der Waals surface area contributed by atoms with Gasteiger partial charge in [-0.25, -0.2) is 8.42 Å². The van der Waals surface area contributed by atoms with Crippen LogP contribution in [0.4, 0.5) is 13.2 Å². The summed E-state index contributed by atoms with van der Waals surface area (Å²) >= 11 is 0. The molecule has 1 N–H and O–H groups in total. The number of halogens is 4. The zero-order chi connectivity index (χ0) is 29.3. The van der Waals surface area contributed by atoms with Gasteiger partial charge in [0.1, 0.15) is 11.5 Å². The van der Waals surface area contributed by atoms with Crippen LogP contribution in [0.25, 0.3) is 11.4 Å². The predicted molar refractivity (Wildman–Crippen MR) is 145 cm³/mol. The molecule has 0 amide bonds. The molecule has 2 aliphatic rings. The molecule has 0 bridgehead atoms. The van der Waals surface area contributed by atoms with E-state index in [1.807, 2.05) is 0 Å². The van der Waals surface area contributed by atoms with Crippen molar-refractivity contribution in [3.8, 4) is 22.9 Å². The molecule has 1 aromatic heterocycles. The number of likely N-dealkylation sites (tertiary alicyclic amines) is 1. The molecule has 0 spiro atoms. The van der Waals surface area contributed by atoms with Gasteiger partial charge in [0.2, 0.25) is 5.82 Å². The van der Waals surface area contributed by atoms with Crippen molar-refractivity contribution in [2.24, 2.45) is 0 Å². The molecule has 42 heavy (non-hydrogen) atoms. The van der Waals surface area contributed by atoms with Crippen molar-refractivity contribution in [3.05, 3.63) is 48.5 Å². The maximum Gasteiger partial charge on any atom is 0.573 e. The minimum Gasteiger partial charge on any atom is -0.494 e. The smallest absolute Gasteiger partial charge is 0.494 e. The van der Waals surface area contributed by atoms with Gasteiger partial charge < -0.3 is 19.5 Å². The first kappa shape index (κ1) is 31.5. The monoisotopic (exact) mass is 631 g/mol. The Kier molecular flexibility index (Phi) is 9.33. The van der Waals surface area contributed by atoms with E-state index >= 15 is 0 Å². The van der Waals surface area contributed by atoms with Gasteiger partial charge in [-0.1, -0.05) is 0 Å². The largest absolute Gasteiger partial charge is 0.573 e. The first-order chi connectivity index (χ1) is 19.5. The van der Waals surface area contributed by atoms with E-state index < -0.39 is 26.9 Å². The summed E-state index contributed by atoms with van der Waals surface area (Å²) in [6.07, 6.45) is -2.04. The standard InChI is InChI=1S/C26H28F3N5O6S.ClH/c27-26(28,29)40-21-6-2-18(3-7-21)23-30-32-34(31-23)14-1-17-39-20-8-10-22(11-9-20)41(37,38)25(24(35)36)12-15-33(16-13-25)19-4-5-19;/h2-3,6-11,19H,1,4-5,12-17H2,(H,35,36);1H. The molecule has 3 aromatic rings. The maximum absolute atomic E-state index is 13.4. The van der Waals surface area contributed by atoms with Crippen molar-refractivity contribution >= 4 is 28.2 Å². The predicted octanol–water partition coefficient (Wildman–Crippen LogP) is 3.98. The highest BCUT2D eigenvalue weighted by Gasteiger charge is 2.54. The third-order valence-corrected chi connectivity index (χ3v) is 9.78. The topological polar surface area (TPSA) is 137 Å². The van der Waals surface area contributed by atoms with Gasteiger partial charge in [0.25, 0.3) is 0 Å². The second-order valence-corrected chi connectivity index (χ2v) is 12.3. The summed E-state index contributed by atoms with van der Waals surface area (Å²) in [5.41, 5.74) is 0.468. The van der Waals surface area contributed by atoms with Crippen LogP contribution in [0.5, 0.6) is 11.5 Å². The fourth-order valence-corrected chi connectivity index (χ4v) is 6.78. The van der Waals surface area contributed by atoms with Crippen LogP contribution in [0.1, 0.15) is 32.1 Å². The lowest BCUT2D eigenvalue weighted by Crippen LogP contribution is -2.54. The van der Waals surface area contributed by atoms with Crippen molar-refractivity contribution in [2.45, 2.75) is 60.7 Å². The van der Waals surface area contributed by atoms with Crippen LogP contribution in [0.2, 0.25) is 0 Å². The summed E-state index contributed by atoms with van der Waals surface area (Å²) in [4.78, 5) is 15.7. The lowest BCUT2D eigenvalue weighted by atomic mass is 9.95. The Balaban J connectivity index is 0.00000405. The fraction of sp³-hybridized carbons (Fsp3) is 0.462. The summed E-state index contributed by atoms with van der Waals surface area (Å²) in [5.74, 6) is -1.01. The molecule has 0 atom stereocenters. The number of carbonyl (C=O) groups is 1. The second-order valence-electron chi connectivity index (χ2n) is 10.0. The van der Waals surface area contributed by atoms with Gasteiger partial charge >= 0.3 is 12.3 Å². The number of hydrogen-bond donors (Lipinski definition) is 1. The molecule has 0 unspecified atom stereocenters. The SMILES string of the molecule is Cl.O=C(O)C1(S(=O)(=O)c2ccc(OCCCn3nnc(-c4ccc(OC(F)(F)F)cc4)n3)cc2)CCN(C2CC2)CC1. The zero-order valence-electron chi connectivity index (χ0n) is 22.2. The van der Waals surface area contributed by atoms with Gasteiger partial charge in [0, 0.05) is 31.1 Å². The molecule has 0 radical (unpaired) electrons. The zero-order valence-corrected chi connectivity index (χ0v) is 23.9. The number of sulfone groups is 1. The van der Waals surface area contributed by atoms with Crippen molar-refractivity contribution in [3.63, 3.8) is 0 Å². The summed E-state index contributed by atoms with van der Waals surface area (Å²) in [5, 5.41) is 22.0. The van der Waals surface area contributed by atoms with Gasteiger partial charge in [-0.05, 0) is 79.4 Å². The Labute approximate surface area is 245 Å². The highest BCUT2D eigenvalue weighted by molar-refractivity contribution is 7.93. The lowest BCUT2D eigenvalue weighted by Gasteiger charge is -2.38. The number of hydrogen-bond acceptors (Lipinski definition) is 9. The Morgan fingerprint density at radius 3 is 2.21 bits per heavy atom. The lowest BCUT2D eigenvalue weighted by molar-refractivity contribution is -0.274. The Hall–Kier alpha value is -3.43. The first-order valence-corrected chi connectivity index (χ1v) is 14.5. The van der Waals surface area contributed by atoms with Crippen LogP contribution in [-0.4, -0.2) is 81.4 Å². The first-order valence-electron chi connectivity index (χ1n) is 13.1. The number of aromatic nitrogens is 4. The van der Waals surface area contributed by atoms with E-state index in [9.17, 15) is 31.5 Å². The number of aliphatic carboxylic acids is 1. The number of piperidine rings is 1. The molecular formula is C26H29ClF3N5O6S. The number of carboxylic acid groups (broad SMARTS) is 1. The van der Waals surface area contributed by atoms with Gasteiger partial charge in [-0.2, -0.15) is 4.80 Å². The molecule has 5 rings (SSSR count). The molecule has 1 saturated carbocycles. The number of nitrogens with zero attached hydrogens (tertiary/aromatic N) is 5. The third kappa shape index (κ3) is 6.95. The van der Waals surface area contributed by atoms with Gasteiger partial charge in [-0.15, -0.1) is 35.8 Å². The number of ether oxygens (including phenoxy) is 2. The van der Waals surface area contributed by atoms with Gasteiger partial charge in [-0.3, -0.25) is 4.79 Å². The van der Waals surface area contributed by atoms with E-state index in [2.05, 4.69) is 25.0 Å². The molecule has 228 valence electrons. The van der Waals surface area contributed by atoms with Crippen LogP contribution < -0.4 is 9.47 Å². The number of tetrazole rings is 1. The van der Waals surface area contributed by atoms with Crippen LogP contribution in [0.3, 0.4) is 0 Å². The molecule has 1 aliphatic heterocycles. The van der Waals surface area contributed by atoms with E-state index in [-0.39, 0.29) is 48.3 Å². The highest BCUT2D eigenvalue weighted by atomic mass is 35.5. The molecule has 11 nitrogen and oxygen atoms in total. The second kappa shape index (κ2) is 12.4. The minimum atomic E-state index is -4.78. The minimum absolute atomic E-state index is 0. The molecule has 2 heterocycles. The molecule has 2 aromatic carbocycles. The van der Waals surface area contributed by atoms with Crippen LogP contribution in [0, 0.1) is 0 Å². The quantitative estimate of drug-likeness (QED) is 0.309. The average Bonchev–Trinajstić information content (AvgIpc) is 3.68. The normalized spacial score (nSPS) is 17.3. The van der Waals surface area contributed by atoms with Gasteiger partial charge in [0.05, 0.1) is 18.0 Å². The Bertz CT molecular complexity index is 1470. The van der Waals surface area contributed by atoms with E-state index in [4.69, 9.17) is 4.74 Å². The summed E-state index contributed by atoms with van der Waals surface area (Å²) in [6.45, 7) is 1.49. The number of benzene rings is 2. The summed E-state index contributed by atoms with van der Waals surface area (Å²) in [7, 11) is -4.13. The van der Waals surface area contributed by atoms with E-state index in [0.29, 0.717) is 43.4 Å². The Morgan fingerprint density at radius 1 is 1.02 bits per heavy atom. The van der Waals surface area contributed by atoms with E-state index in [1.165, 1.54) is 41.2 Å². The van der Waals surface area contributed by atoms with Crippen LogP contribution in [-0.2, 0) is 21.2 Å². The average molecular weight is 632 g/mol. The number of rotatable bonds is 11. The summed E-state index contributed by atoms with van der Waals surface area (Å²) in [6, 6.07) is 11.3. The van der Waals surface area contributed by atoms with Crippen molar-refractivity contribution in [2.75, 3.05) is 19.7 Å². The Morgan fingerprint density at radius 2 is 1.64 bits per heavy atom. The van der Waals surface area contributed by atoms with Crippen LogP contribution >= 0.6 is 12.4 Å². The highest BCUT2D eigenvalue weighted by Crippen LogP contribution is 2.39. The molecule has 16 heteroatoms. The molecule has 1 aliphatic carbocycles. The van der Waals surface area contributed by atoms with Crippen molar-refractivity contribution < 1.29 is 41.0 Å².